The first-order valence-electron chi connectivity index (χ1n) is 5.01. The summed E-state index contributed by atoms with van der Waals surface area (Å²) in [6.45, 7) is 4.39. The first-order valence-corrected chi connectivity index (χ1v) is 5.01. The lowest BCUT2D eigenvalue weighted by Crippen LogP contribution is -2.08. The molecule has 0 bridgehead atoms. The number of aromatic hydroxyl groups is 1. The largest absolute Gasteiger partial charge is 0.508 e. The number of hydrogen-bond donors (Lipinski definition) is 1. The van der Waals surface area contributed by atoms with E-state index in [9.17, 15) is 5.11 Å². The molecule has 1 heteroatoms. The van der Waals surface area contributed by atoms with Crippen molar-refractivity contribution in [2.45, 2.75) is 39.0 Å². The van der Waals surface area contributed by atoms with Crippen molar-refractivity contribution in [3.63, 3.8) is 0 Å². The van der Waals surface area contributed by atoms with E-state index in [1.54, 1.807) is 0 Å². The molecule has 0 heterocycles. The average molecular weight is 176 g/mol. The highest BCUT2D eigenvalue weighted by atomic mass is 16.3. The average Bonchev–Trinajstić information content (AvgIpc) is 2.12. The first-order chi connectivity index (χ1) is 6.20. The van der Waals surface area contributed by atoms with Crippen LogP contribution in [-0.2, 0) is 6.42 Å². The Morgan fingerprint density at radius 1 is 1.38 bits per heavy atom. The van der Waals surface area contributed by atoms with Crippen LogP contribution in [0.2, 0.25) is 0 Å². The Hall–Kier alpha value is -0.980. The first kappa shape index (κ1) is 8.61. The second kappa shape index (κ2) is 3.06. The fraction of sp³-hybridized carbons (Fsp3) is 0.500. The van der Waals surface area contributed by atoms with Gasteiger partial charge in [-0.2, -0.15) is 0 Å². The molecule has 0 saturated carbocycles. The van der Waals surface area contributed by atoms with Gasteiger partial charge in [0.15, 0.2) is 0 Å². The molecule has 0 saturated heterocycles. The number of hydrogen-bond acceptors (Lipinski definition) is 1. The third kappa shape index (κ3) is 1.32. The number of benzene rings is 1. The van der Waals surface area contributed by atoms with Crippen molar-refractivity contribution in [1.29, 1.82) is 0 Å². The minimum absolute atomic E-state index is 0.493. The van der Waals surface area contributed by atoms with Crippen LogP contribution >= 0.6 is 0 Å². The van der Waals surface area contributed by atoms with E-state index in [0.29, 0.717) is 11.7 Å². The van der Waals surface area contributed by atoms with E-state index in [0.717, 1.165) is 6.42 Å². The zero-order valence-electron chi connectivity index (χ0n) is 8.30. The summed E-state index contributed by atoms with van der Waals surface area (Å²) >= 11 is 0. The van der Waals surface area contributed by atoms with Crippen LogP contribution in [0.4, 0.5) is 0 Å². The molecule has 1 nitrogen and oxygen atoms in total. The molecule has 0 radical (unpaired) electrons. The summed E-state index contributed by atoms with van der Waals surface area (Å²) < 4.78 is 0. The summed E-state index contributed by atoms with van der Waals surface area (Å²) in [5.41, 5.74) is 3.92. The van der Waals surface area contributed by atoms with Crippen LogP contribution < -0.4 is 0 Å². The van der Waals surface area contributed by atoms with Crippen LogP contribution in [0.1, 0.15) is 42.4 Å². The molecular weight excluding hydrogens is 160 g/mol. The van der Waals surface area contributed by atoms with Gasteiger partial charge in [0.2, 0.25) is 0 Å². The standard InChI is InChI=1S/C12H16O/c1-8-4-3-5-10-11(13)7-6-9(2)12(8)10/h6-8,13H,3-5H2,1-2H3. The van der Waals surface area contributed by atoms with E-state index in [1.807, 2.05) is 12.1 Å². The molecule has 1 aromatic rings. The number of aryl methyl sites for hydroxylation is 1. The van der Waals surface area contributed by atoms with Gasteiger partial charge in [-0.3, -0.25) is 0 Å². The molecule has 0 spiro atoms. The molecule has 13 heavy (non-hydrogen) atoms. The van der Waals surface area contributed by atoms with E-state index in [-0.39, 0.29) is 0 Å². The minimum Gasteiger partial charge on any atom is -0.508 e. The number of phenolic OH excluding ortho intramolecular Hbond substituents is 1. The Bertz CT molecular complexity index is 328. The molecule has 1 atom stereocenters. The van der Waals surface area contributed by atoms with E-state index in [2.05, 4.69) is 13.8 Å². The quantitative estimate of drug-likeness (QED) is 0.644. The summed E-state index contributed by atoms with van der Waals surface area (Å²) in [6, 6.07) is 3.85. The molecule has 1 aliphatic rings. The maximum atomic E-state index is 9.70. The van der Waals surface area contributed by atoms with Crippen LogP contribution in [0.5, 0.6) is 5.75 Å². The fourth-order valence-corrected chi connectivity index (χ4v) is 2.45. The zero-order chi connectivity index (χ0) is 9.42. The smallest absolute Gasteiger partial charge is 0.119 e. The van der Waals surface area contributed by atoms with Gasteiger partial charge in [0.25, 0.3) is 0 Å². The van der Waals surface area contributed by atoms with Crippen molar-refractivity contribution in [3.8, 4) is 5.75 Å². The predicted octanol–water partition coefficient (Wildman–Crippen LogP) is 3.14. The highest BCUT2D eigenvalue weighted by molar-refractivity contribution is 5.46. The lowest BCUT2D eigenvalue weighted by atomic mass is 9.81. The Balaban J connectivity index is 2.60. The van der Waals surface area contributed by atoms with Gasteiger partial charge in [-0.05, 0) is 54.9 Å². The van der Waals surface area contributed by atoms with Gasteiger partial charge in [-0.25, -0.2) is 0 Å². The molecule has 2 rings (SSSR count). The van der Waals surface area contributed by atoms with Crippen LogP contribution in [0, 0.1) is 6.92 Å². The Labute approximate surface area is 79.4 Å². The summed E-state index contributed by atoms with van der Waals surface area (Å²) in [4.78, 5) is 0. The Morgan fingerprint density at radius 3 is 2.85 bits per heavy atom. The molecule has 1 N–H and O–H groups in total. The van der Waals surface area contributed by atoms with Crippen molar-refractivity contribution >= 4 is 0 Å². The monoisotopic (exact) mass is 176 g/mol. The van der Waals surface area contributed by atoms with Gasteiger partial charge in [0.05, 0.1) is 0 Å². The van der Waals surface area contributed by atoms with Crippen LogP contribution in [0.15, 0.2) is 12.1 Å². The highest BCUT2D eigenvalue weighted by Crippen LogP contribution is 2.37. The van der Waals surface area contributed by atoms with Gasteiger partial charge < -0.3 is 5.11 Å². The van der Waals surface area contributed by atoms with Crippen molar-refractivity contribution in [2.75, 3.05) is 0 Å². The lowest BCUT2D eigenvalue weighted by molar-refractivity contribution is 0.456. The summed E-state index contributed by atoms with van der Waals surface area (Å²) in [7, 11) is 0. The Kier molecular flexibility index (Phi) is 2.03. The Morgan fingerprint density at radius 2 is 2.15 bits per heavy atom. The van der Waals surface area contributed by atoms with E-state index >= 15 is 0 Å². The molecular formula is C12H16O. The van der Waals surface area contributed by atoms with Gasteiger partial charge in [-0.1, -0.05) is 13.0 Å². The molecule has 0 fully saturated rings. The summed E-state index contributed by atoms with van der Waals surface area (Å²) in [5, 5.41) is 9.70. The van der Waals surface area contributed by atoms with E-state index in [1.165, 1.54) is 29.5 Å². The third-order valence-electron chi connectivity index (χ3n) is 3.11. The van der Waals surface area contributed by atoms with Crippen LogP contribution in [0.25, 0.3) is 0 Å². The maximum Gasteiger partial charge on any atom is 0.119 e. The molecule has 1 aromatic carbocycles. The minimum atomic E-state index is 0.493. The lowest BCUT2D eigenvalue weighted by Gasteiger charge is -2.24. The summed E-state index contributed by atoms with van der Waals surface area (Å²) in [5.74, 6) is 1.11. The molecule has 1 unspecified atom stereocenters. The van der Waals surface area contributed by atoms with Crippen molar-refractivity contribution in [2.24, 2.45) is 0 Å². The maximum absolute atomic E-state index is 9.70. The van der Waals surface area contributed by atoms with E-state index in [4.69, 9.17) is 0 Å². The molecule has 0 amide bonds. The number of rotatable bonds is 0. The molecule has 0 aliphatic heterocycles. The van der Waals surface area contributed by atoms with Crippen molar-refractivity contribution < 1.29 is 5.11 Å². The van der Waals surface area contributed by atoms with Gasteiger partial charge in [-0.15, -0.1) is 0 Å². The SMILES string of the molecule is Cc1ccc(O)c2c1C(C)CCC2. The normalized spacial score (nSPS) is 21.2. The second-order valence-electron chi connectivity index (χ2n) is 4.09. The van der Waals surface area contributed by atoms with Crippen molar-refractivity contribution in [3.05, 3.63) is 28.8 Å². The third-order valence-corrected chi connectivity index (χ3v) is 3.11. The van der Waals surface area contributed by atoms with Crippen LogP contribution in [0.3, 0.4) is 0 Å². The zero-order valence-corrected chi connectivity index (χ0v) is 8.30. The fourth-order valence-electron chi connectivity index (χ4n) is 2.45. The highest BCUT2D eigenvalue weighted by Gasteiger charge is 2.20. The van der Waals surface area contributed by atoms with Crippen LogP contribution in [-0.4, -0.2) is 5.11 Å². The number of fused-ring (bicyclic) bond motifs is 1. The predicted molar refractivity (Wildman–Crippen MR) is 54.2 cm³/mol. The molecule has 1 aliphatic carbocycles. The van der Waals surface area contributed by atoms with Crippen molar-refractivity contribution in [1.82, 2.24) is 0 Å². The molecule has 70 valence electrons. The summed E-state index contributed by atoms with van der Waals surface area (Å²) in [6.07, 6.45) is 3.52. The van der Waals surface area contributed by atoms with Gasteiger partial charge in [0.1, 0.15) is 5.75 Å². The van der Waals surface area contributed by atoms with E-state index < -0.39 is 0 Å². The molecule has 0 aromatic heterocycles. The van der Waals surface area contributed by atoms with Gasteiger partial charge in [0, 0.05) is 0 Å². The van der Waals surface area contributed by atoms with Gasteiger partial charge >= 0.3 is 0 Å². The second-order valence-corrected chi connectivity index (χ2v) is 4.09. The topological polar surface area (TPSA) is 20.2 Å². The number of phenols is 1.